The lowest BCUT2D eigenvalue weighted by molar-refractivity contribution is 0.227. The largest absolute Gasteiger partial charge is 0.486 e. The van der Waals surface area contributed by atoms with Gasteiger partial charge in [-0.3, -0.25) is 15.0 Å². The molecule has 0 unspecified atom stereocenters. The summed E-state index contributed by atoms with van der Waals surface area (Å²) in [6, 6.07) is 10.7. The van der Waals surface area contributed by atoms with E-state index in [1.165, 1.54) is 19.4 Å². The number of ether oxygens (including phenoxy) is 1. The molecule has 0 radical (unpaired) electrons. The number of H-pyrrole nitrogens is 1. The molecule has 0 amide bonds. The van der Waals surface area contributed by atoms with Crippen molar-refractivity contribution < 1.29 is 4.74 Å². The maximum atomic E-state index is 6.31. The summed E-state index contributed by atoms with van der Waals surface area (Å²) >= 11 is 12.6. The number of nitrogens with zero attached hydrogens (tertiary/aromatic N) is 5. The van der Waals surface area contributed by atoms with E-state index in [2.05, 4.69) is 37.1 Å². The topological polar surface area (TPSA) is 70.2 Å². The van der Waals surface area contributed by atoms with Gasteiger partial charge < -0.3 is 9.64 Å². The van der Waals surface area contributed by atoms with Crippen molar-refractivity contribution in [3.8, 4) is 17.0 Å². The van der Waals surface area contributed by atoms with Crippen LogP contribution in [0.1, 0.15) is 31.4 Å². The molecule has 5 heterocycles. The fourth-order valence-corrected chi connectivity index (χ4v) is 5.94. The van der Waals surface area contributed by atoms with E-state index in [1.807, 2.05) is 31.3 Å². The summed E-state index contributed by atoms with van der Waals surface area (Å²) in [4.78, 5) is 13.8. The SMILES string of the molecule is C[C@@H](Oc1ccc2[nH]nc(-c3ccc(N4CCN5CCC[C@H]5C4)nc3)c2c1)c1c(Cl)cncc1Cl. The smallest absolute Gasteiger partial charge is 0.128 e. The number of rotatable bonds is 5. The number of hydrogen-bond acceptors (Lipinski definition) is 6. The van der Waals surface area contributed by atoms with Crippen LogP contribution in [-0.4, -0.2) is 57.3 Å². The van der Waals surface area contributed by atoms with Gasteiger partial charge in [0.15, 0.2) is 0 Å². The Balaban J connectivity index is 1.23. The van der Waals surface area contributed by atoms with E-state index in [0.29, 0.717) is 27.4 Å². The van der Waals surface area contributed by atoms with Crippen molar-refractivity contribution >= 4 is 39.9 Å². The van der Waals surface area contributed by atoms with E-state index < -0.39 is 0 Å². The van der Waals surface area contributed by atoms with Crippen LogP contribution in [0, 0.1) is 0 Å². The minimum atomic E-state index is -0.341. The zero-order valence-corrected chi connectivity index (χ0v) is 20.9. The van der Waals surface area contributed by atoms with Gasteiger partial charge in [0.05, 0.1) is 15.6 Å². The molecule has 0 aliphatic carbocycles. The van der Waals surface area contributed by atoms with E-state index in [4.69, 9.17) is 32.9 Å². The normalized spacial score (nSPS) is 19.2. The van der Waals surface area contributed by atoms with Gasteiger partial charge in [0, 0.05) is 60.8 Å². The van der Waals surface area contributed by atoms with Gasteiger partial charge in [0.2, 0.25) is 0 Å². The van der Waals surface area contributed by atoms with E-state index in [-0.39, 0.29) is 6.10 Å². The zero-order valence-electron chi connectivity index (χ0n) is 19.4. The van der Waals surface area contributed by atoms with Crippen LogP contribution in [0.15, 0.2) is 48.9 Å². The molecule has 7 nitrogen and oxygen atoms in total. The van der Waals surface area contributed by atoms with Gasteiger partial charge in [-0.2, -0.15) is 5.10 Å². The average Bonchev–Trinajstić information content (AvgIpc) is 3.50. The van der Waals surface area contributed by atoms with Crippen molar-refractivity contribution in [2.45, 2.75) is 31.9 Å². The van der Waals surface area contributed by atoms with E-state index >= 15 is 0 Å². The molecule has 180 valence electrons. The predicted octanol–water partition coefficient (Wildman–Crippen LogP) is 5.75. The fraction of sp³-hybridized carbons (Fsp3) is 0.346. The highest BCUT2D eigenvalue weighted by Crippen LogP contribution is 2.35. The summed E-state index contributed by atoms with van der Waals surface area (Å²) in [6.07, 6.45) is 7.32. The molecule has 35 heavy (non-hydrogen) atoms. The number of anilines is 1. The molecule has 2 aliphatic rings. The number of hydrogen-bond donors (Lipinski definition) is 1. The Morgan fingerprint density at radius 1 is 1.06 bits per heavy atom. The molecule has 1 aromatic carbocycles. The molecule has 2 fully saturated rings. The molecule has 2 saturated heterocycles. The molecule has 1 N–H and O–H groups in total. The molecule has 0 spiro atoms. The number of aromatic amines is 1. The second-order valence-corrected chi connectivity index (χ2v) is 10.1. The van der Waals surface area contributed by atoms with Gasteiger partial charge in [0.25, 0.3) is 0 Å². The maximum Gasteiger partial charge on any atom is 0.128 e. The Morgan fingerprint density at radius 3 is 2.71 bits per heavy atom. The summed E-state index contributed by atoms with van der Waals surface area (Å²) in [5.74, 6) is 1.74. The van der Waals surface area contributed by atoms with Crippen LogP contribution in [-0.2, 0) is 0 Å². The Bertz CT molecular complexity index is 1340. The summed E-state index contributed by atoms with van der Waals surface area (Å²) in [6.45, 7) is 6.36. The summed E-state index contributed by atoms with van der Waals surface area (Å²) in [7, 11) is 0. The van der Waals surface area contributed by atoms with Gasteiger partial charge in [0.1, 0.15) is 23.4 Å². The Kier molecular flexibility index (Phi) is 6.00. The highest BCUT2D eigenvalue weighted by molar-refractivity contribution is 6.35. The van der Waals surface area contributed by atoms with Crippen LogP contribution in [0.25, 0.3) is 22.2 Å². The van der Waals surface area contributed by atoms with Crippen LogP contribution in [0.4, 0.5) is 5.82 Å². The molecule has 2 aliphatic heterocycles. The third kappa shape index (κ3) is 4.33. The number of fused-ring (bicyclic) bond motifs is 2. The van der Waals surface area contributed by atoms with Gasteiger partial charge in [-0.25, -0.2) is 4.98 Å². The van der Waals surface area contributed by atoms with Crippen molar-refractivity contribution in [2.75, 3.05) is 31.1 Å². The van der Waals surface area contributed by atoms with Gasteiger partial charge in [-0.15, -0.1) is 0 Å². The standard InChI is InChI=1S/C26H26Cl2N6O/c1-16(25-21(27)13-29-14-22(25)28)35-19-5-6-23-20(11-19)26(32-31-23)17-4-7-24(30-12-17)34-10-9-33-8-2-3-18(33)15-34/h4-7,11-14,16,18H,2-3,8-10,15H2,1H3,(H,31,32)/t16-,18+/m1/s1. The van der Waals surface area contributed by atoms with Crippen molar-refractivity contribution in [3.05, 3.63) is 64.5 Å². The molecular formula is C26H26Cl2N6O. The quantitative estimate of drug-likeness (QED) is 0.370. The zero-order chi connectivity index (χ0) is 23.9. The molecule has 6 rings (SSSR count). The van der Waals surface area contributed by atoms with Crippen LogP contribution in [0.2, 0.25) is 10.0 Å². The summed E-state index contributed by atoms with van der Waals surface area (Å²) < 4.78 is 6.20. The average molecular weight is 509 g/mol. The number of nitrogens with one attached hydrogen (secondary N) is 1. The van der Waals surface area contributed by atoms with Crippen LogP contribution >= 0.6 is 23.2 Å². The Morgan fingerprint density at radius 2 is 1.91 bits per heavy atom. The number of pyridine rings is 2. The third-order valence-corrected chi connectivity index (χ3v) is 7.68. The van der Waals surface area contributed by atoms with Crippen molar-refractivity contribution in [1.29, 1.82) is 0 Å². The second kappa shape index (κ2) is 9.30. The van der Waals surface area contributed by atoms with Gasteiger partial charge in [-0.05, 0) is 56.6 Å². The van der Waals surface area contributed by atoms with Crippen LogP contribution in [0.3, 0.4) is 0 Å². The van der Waals surface area contributed by atoms with Gasteiger partial charge >= 0.3 is 0 Å². The minimum absolute atomic E-state index is 0.341. The Hall–Kier alpha value is -2.87. The first kappa shape index (κ1) is 22.6. The highest BCUT2D eigenvalue weighted by Gasteiger charge is 2.31. The van der Waals surface area contributed by atoms with Crippen molar-refractivity contribution in [2.24, 2.45) is 0 Å². The fourth-order valence-electron chi connectivity index (χ4n) is 5.27. The predicted molar refractivity (Wildman–Crippen MR) is 139 cm³/mol. The Labute approximate surface area is 214 Å². The molecule has 9 heteroatoms. The third-order valence-electron chi connectivity index (χ3n) is 7.08. The van der Waals surface area contributed by atoms with Crippen molar-refractivity contribution in [1.82, 2.24) is 25.1 Å². The second-order valence-electron chi connectivity index (χ2n) is 9.24. The molecular weight excluding hydrogens is 483 g/mol. The number of aromatic nitrogens is 4. The molecule has 2 atom stereocenters. The first-order chi connectivity index (χ1) is 17.1. The van der Waals surface area contributed by atoms with E-state index in [9.17, 15) is 0 Å². The highest BCUT2D eigenvalue weighted by atomic mass is 35.5. The van der Waals surface area contributed by atoms with Crippen LogP contribution < -0.4 is 9.64 Å². The lowest BCUT2D eigenvalue weighted by atomic mass is 10.1. The lowest BCUT2D eigenvalue weighted by Gasteiger charge is -2.38. The first-order valence-electron chi connectivity index (χ1n) is 12.0. The van der Waals surface area contributed by atoms with E-state index in [1.54, 1.807) is 12.4 Å². The lowest BCUT2D eigenvalue weighted by Crippen LogP contribution is -2.50. The number of piperazine rings is 1. The van der Waals surface area contributed by atoms with Crippen LogP contribution in [0.5, 0.6) is 5.75 Å². The molecule has 0 saturated carbocycles. The molecule has 3 aromatic heterocycles. The maximum absolute atomic E-state index is 6.31. The monoisotopic (exact) mass is 508 g/mol. The number of halogens is 2. The summed E-state index contributed by atoms with van der Waals surface area (Å²) in [5.41, 5.74) is 3.46. The summed E-state index contributed by atoms with van der Waals surface area (Å²) in [5, 5.41) is 9.62. The first-order valence-corrected chi connectivity index (χ1v) is 12.7. The minimum Gasteiger partial charge on any atom is -0.486 e. The molecule has 0 bridgehead atoms. The number of benzene rings is 1. The van der Waals surface area contributed by atoms with Gasteiger partial charge in [-0.1, -0.05) is 23.2 Å². The van der Waals surface area contributed by atoms with E-state index in [0.717, 1.165) is 47.6 Å². The van der Waals surface area contributed by atoms with Crippen molar-refractivity contribution in [3.63, 3.8) is 0 Å². The molecule has 4 aromatic rings.